The Morgan fingerprint density at radius 1 is 1.02 bits per heavy atom. The van der Waals surface area contributed by atoms with E-state index >= 15 is 0 Å². The predicted octanol–water partition coefficient (Wildman–Crippen LogP) is 5.86. The third-order valence-electron chi connectivity index (χ3n) is 7.20. The Bertz CT molecular complexity index is 1790. The molecule has 0 aliphatic heterocycles. The molecule has 1 aliphatic carbocycles. The second-order valence-electron chi connectivity index (χ2n) is 10.2. The number of nitrogens with zero attached hydrogens (tertiary/aromatic N) is 8. The van der Waals surface area contributed by atoms with Gasteiger partial charge < -0.3 is 14.2 Å². The summed E-state index contributed by atoms with van der Waals surface area (Å²) in [7, 11) is 4.05. The Kier molecular flexibility index (Phi) is 6.73. The molecule has 4 heterocycles. The number of alkyl halides is 6. The Morgan fingerprint density at radius 3 is 2.35 bits per heavy atom. The molecular formula is C27H23F6N9O. The van der Waals surface area contributed by atoms with Crippen molar-refractivity contribution < 1.29 is 31.1 Å². The van der Waals surface area contributed by atoms with Crippen LogP contribution in [0, 0.1) is 0 Å². The van der Waals surface area contributed by atoms with Gasteiger partial charge in [-0.3, -0.25) is 5.10 Å². The summed E-state index contributed by atoms with van der Waals surface area (Å²) in [5, 5.41) is 6.92. The highest BCUT2D eigenvalue weighted by atomic mass is 19.4. The first-order chi connectivity index (χ1) is 20.4. The zero-order valence-corrected chi connectivity index (χ0v) is 22.9. The molecule has 0 bridgehead atoms. The van der Waals surface area contributed by atoms with Gasteiger partial charge in [0.25, 0.3) is 0 Å². The van der Waals surface area contributed by atoms with Crippen LogP contribution in [0.2, 0.25) is 0 Å². The van der Waals surface area contributed by atoms with Crippen molar-refractivity contribution in [1.29, 1.82) is 0 Å². The molecule has 1 atom stereocenters. The van der Waals surface area contributed by atoms with Crippen LogP contribution in [-0.4, -0.2) is 60.0 Å². The largest absolute Gasteiger partial charge is 0.480 e. The highest BCUT2D eigenvalue weighted by molar-refractivity contribution is 5.89. The van der Waals surface area contributed by atoms with Gasteiger partial charge in [-0.15, -0.1) is 0 Å². The van der Waals surface area contributed by atoms with Crippen LogP contribution in [0.1, 0.15) is 41.8 Å². The molecule has 0 saturated heterocycles. The van der Waals surface area contributed by atoms with E-state index in [-0.39, 0.29) is 51.4 Å². The number of aromatic amines is 1. The molecule has 224 valence electrons. The second kappa shape index (κ2) is 10.2. The fourth-order valence-corrected chi connectivity index (χ4v) is 5.05. The zero-order valence-electron chi connectivity index (χ0n) is 22.9. The van der Waals surface area contributed by atoms with Crippen molar-refractivity contribution in [2.75, 3.05) is 19.1 Å². The van der Waals surface area contributed by atoms with Crippen molar-refractivity contribution >= 4 is 16.9 Å². The minimum atomic E-state index is -4.78. The number of halogens is 6. The van der Waals surface area contributed by atoms with Gasteiger partial charge in [0.1, 0.15) is 23.5 Å². The number of fused-ring (bicyclic) bond motifs is 1. The summed E-state index contributed by atoms with van der Waals surface area (Å²) < 4.78 is 90.2. The summed E-state index contributed by atoms with van der Waals surface area (Å²) in [5.41, 5.74) is 0.183. The lowest BCUT2D eigenvalue weighted by Gasteiger charge is -2.31. The molecular weight excluding hydrogens is 580 g/mol. The van der Waals surface area contributed by atoms with Gasteiger partial charge in [0, 0.05) is 31.8 Å². The van der Waals surface area contributed by atoms with E-state index in [9.17, 15) is 26.3 Å². The lowest BCUT2D eigenvalue weighted by atomic mass is 10.0. The molecule has 10 nitrogen and oxygen atoms in total. The smallest absolute Gasteiger partial charge is 0.434 e. The molecule has 1 saturated carbocycles. The molecule has 16 heteroatoms. The third-order valence-corrected chi connectivity index (χ3v) is 7.20. The van der Waals surface area contributed by atoms with Crippen LogP contribution in [0.4, 0.5) is 32.2 Å². The van der Waals surface area contributed by atoms with Gasteiger partial charge in [0.2, 0.25) is 5.88 Å². The first kappa shape index (κ1) is 28.4. The Balaban J connectivity index is 1.43. The van der Waals surface area contributed by atoms with Gasteiger partial charge in [0.05, 0.1) is 24.4 Å². The third kappa shape index (κ3) is 5.21. The number of aromatic nitrogens is 8. The Hall–Kier alpha value is -4.76. The van der Waals surface area contributed by atoms with Crippen LogP contribution in [0.25, 0.3) is 33.8 Å². The fourth-order valence-electron chi connectivity index (χ4n) is 5.05. The lowest BCUT2D eigenvalue weighted by molar-refractivity contribution is -0.149. The number of nitrogens with one attached hydrogen (secondary N) is 1. The molecule has 0 radical (unpaired) electrons. The average molecular weight is 604 g/mol. The minimum absolute atomic E-state index is 0.0400. The van der Waals surface area contributed by atoms with Crippen molar-refractivity contribution in [3.05, 3.63) is 59.9 Å². The average Bonchev–Trinajstić information content (AvgIpc) is 3.55. The number of hydrogen-bond donors (Lipinski definition) is 1. The van der Waals surface area contributed by atoms with E-state index in [4.69, 9.17) is 4.74 Å². The van der Waals surface area contributed by atoms with Crippen molar-refractivity contribution in [2.24, 2.45) is 7.05 Å². The van der Waals surface area contributed by atoms with Crippen molar-refractivity contribution in [3.8, 4) is 28.7 Å². The zero-order chi connectivity index (χ0) is 30.7. The molecule has 43 heavy (non-hydrogen) atoms. The van der Waals surface area contributed by atoms with Gasteiger partial charge in [-0.05, 0) is 18.4 Å². The summed E-state index contributed by atoms with van der Waals surface area (Å²) in [4.78, 5) is 22.2. The summed E-state index contributed by atoms with van der Waals surface area (Å²) in [6, 6.07) is 2.83. The number of imidazole rings is 1. The number of rotatable bonds is 7. The number of benzene rings is 1. The molecule has 0 spiro atoms. The molecule has 5 aromatic rings. The summed E-state index contributed by atoms with van der Waals surface area (Å²) in [5.74, 6) is 0.287. The number of aryl methyl sites for hydroxylation is 1. The van der Waals surface area contributed by atoms with Crippen LogP contribution in [0.5, 0.6) is 5.88 Å². The monoisotopic (exact) mass is 603 g/mol. The lowest BCUT2D eigenvalue weighted by Crippen LogP contribution is -2.36. The quantitative estimate of drug-likeness (QED) is 0.231. The van der Waals surface area contributed by atoms with Crippen molar-refractivity contribution in [1.82, 2.24) is 39.7 Å². The van der Waals surface area contributed by atoms with Crippen LogP contribution >= 0.6 is 0 Å². The number of methoxy groups -OCH3 is 1. The molecule has 0 amide bonds. The Labute approximate surface area is 239 Å². The van der Waals surface area contributed by atoms with Crippen molar-refractivity contribution in [3.63, 3.8) is 0 Å². The topological polar surface area (TPSA) is 111 Å². The van der Waals surface area contributed by atoms with Crippen LogP contribution < -0.4 is 9.64 Å². The first-order valence-corrected chi connectivity index (χ1v) is 13.0. The van der Waals surface area contributed by atoms with Crippen LogP contribution in [0.3, 0.4) is 0 Å². The summed E-state index contributed by atoms with van der Waals surface area (Å²) in [6.07, 6.45) is -4.17. The van der Waals surface area contributed by atoms with E-state index < -0.39 is 24.1 Å². The van der Waals surface area contributed by atoms with E-state index in [1.54, 1.807) is 0 Å². The number of anilines is 1. The summed E-state index contributed by atoms with van der Waals surface area (Å²) in [6.45, 7) is 0. The van der Waals surface area contributed by atoms with E-state index in [1.807, 2.05) is 0 Å². The van der Waals surface area contributed by atoms with E-state index in [2.05, 4.69) is 35.1 Å². The van der Waals surface area contributed by atoms with Gasteiger partial charge >= 0.3 is 12.4 Å². The van der Waals surface area contributed by atoms with Crippen molar-refractivity contribution in [2.45, 2.75) is 37.2 Å². The molecule has 1 fully saturated rings. The predicted molar refractivity (Wildman–Crippen MR) is 142 cm³/mol. The van der Waals surface area contributed by atoms with Crippen LogP contribution in [0.15, 0.2) is 43.0 Å². The fraction of sp³-hybridized carbons (Fsp3) is 0.333. The SMILES string of the molecule is COc1ncnc(C2CC2)c1-c1nc(N(C)[C@@H](c2ccc(-c3nc(C(F)(F)F)cn3C)cc2)C(F)(F)F)c2cn[nH]c2n1. The van der Waals surface area contributed by atoms with Gasteiger partial charge in [-0.25, -0.2) is 24.9 Å². The second-order valence-corrected chi connectivity index (χ2v) is 10.2. The Morgan fingerprint density at radius 2 is 1.74 bits per heavy atom. The maximum absolute atomic E-state index is 14.7. The van der Waals surface area contributed by atoms with E-state index in [0.29, 0.717) is 11.3 Å². The maximum atomic E-state index is 14.7. The van der Waals surface area contributed by atoms with Gasteiger partial charge in [-0.1, -0.05) is 24.3 Å². The maximum Gasteiger partial charge on any atom is 0.434 e. The molecule has 0 unspecified atom stereocenters. The number of ether oxygens (including phenoxy) is 1. The number of hydrogen-bond acceptors (Lipinski definition) is 8. The van der Waals surface area contributed by atoms with Crippen LogP contribution in [-0.2, 0) is 13.2 Å². The molecule has 1 aromatic carbocycles. The normalized spacial score (nSPS) is 14.7. The highest BCUT2D eigenvalue weighted by Crippen LogP contribution is 2.46. The molecule has 4 aromatic heterocycles. The molecule has 1 aliphatic rings. The van der Waals surface area contributed by atoms with E-state index in [1.165, 1.54) is 62.6 Å². The molecule has 1 N–H and O–H groups in total. The van der Waals surface area contributed by atoms with Gasteiger partial charge in [0.15, 0.2) is 23.2 Å². The highest BCUT2D eigenvalue weighted by Gasteiger charge is 2.45. The summed E-state index contributed by atoms with van der Waals surface area (Å²) >= 11 is 0. The van der Waals surface area contributed by atoms with E-state index in [0.717, 1.165) is 23.9 Å². The number of H-pyrrole nitrogens is 1. The minimum Gasteiger partial charge on any atom is -0.480 e. The first-order valence-electron chi connectivity index (χ1n) is 13.0. The van der Waals surface area contributed by atoms with Gasteiger partial charge in [-0.2, -0.15) is 31.4 Å². The standard InChI is InChI=1S/C27H23F6N9O/c1-41-11-17(26(28,29)30)37-23(41)15-8-6-14(7-9-15)20(27(31,32)33)42(2)24-16-10-36-40-21(16)38-22(39-24)18-19(13-4-5-13)34-12-35-25(18)43-3/h6-13,20H,4-5H2,1-3H3,(H,36,38,39,40)/t20-/m0/s1. The molecule has 6 rings (SSSR count).